The largest absolute Gasteiger partial charge is 0.490 e. The molecule has 2 aromatic rings. The van der Waals surface area contributed by atoms with E-state index in [9.17, 15) is 0 Å². The molecule has 0 saturated carbocycles. The van der Waals surface area contributed by atoms with Crippen LogP contribution in [0.4, 0.5) is 0 Å². The molecule has 1 aliphatic heterocycles. The summed E-state index contributed by atoms with van der Waals surface area (Å²) >= 11 is 0. The van der Waals surface area contributed by atoms with Crippen LogP contribution in [-0.2, 0) is 6.61 Å². The van der Waals surface area contributed by atoms with Gasteiger partial charge in [0.2, 0.25) is 0 Å². The normalized spacial score (nSPS) is 17.7. The highest BCUT2D eigenvalue weighted by atomic mass is 16.5. The molecule has 0 amide bonds. The molecule has 0 unspecified atom stereocenters. The van der Waals surface area contributed by atoms with Crippen molar-refractivity contribution in [2.24, 2.45) is 0 Å². The van der Waals surface area contributed by atoms with Gasteiger partial charge in [0.1, 0.15) is 6.61 Å². The molecular weight excluding hydrogens is 286 g/mol. The van der Waals surface area contributed by atoms with Gasteiger partial charge in [0.15, 0.2) is 11.5 Å². The zero-order valence-electron chi connectivity index (χ0n) is 13.8. The Labute approximate surface area is 138 Å². The van der Waals surface area contributed by atoms with Crippen molar-refractivity contribution >= 4 is 0 Å². The summed E-state index contributed by atoms with van der Waals surface area (Å²) in [7, 11) is 0. The van der Waals surface area contributed by atoms with Gasteiger partial charge in [-0.25, -0.2) is 0 Å². The van der Waals surface area contributed by atoms with Crippen LogP contribution >= 0.6 is 0 Å². The number of ether oxygens (including phenoxy) is 2. The Balaban J connectivity index is 1.73. The lowest BCUT2D eigenvalue weighted by atomic mass is 9.97. The van der Waals surface area contributed by atoms with Gasteiger partial charge in [0, 0.05) is 6.04 Å². The maximum absolute atomic E-state index is 5.97. The number of piperidine rings is 1. The third-order valence-electron chi connectivity index (χ3n) is 4.22. The van der Waals surface area contributed by atoms with Crippen LogP contribution in [0, 0.1) is 0 Å². The molecule has 1 N–H and O–H groups in total. The van der Waals surface area contributed by atoms with Crippen LogP contribution < -0.4 is 14.8 Å². The van der Waals surface area contributed by atoms with Crippen LogP contribution in [0.2, 0.25) is 0 Å². The Morgan fingerprint density at radius 1 is 1.00 bits per heavy atom. The van der Waals surface area contributed by atoms with Gasteiger partial charge in [-0.15, -0.1) is 0 Å². The molecule has 1 saturated heterocycles. The summed E-state index contributed by atoms with van der Waals surface area (Å²) in [5, 5.41) is 3.59. The van der Waals surface area contributed by atoms with E-state index in [-0.39, 0.29) is 0 Å². The van der Waals surface area contributed by atoms with Gasteiger partial charge >= 0.3 is 0 Å². The number of benzene rings is 2. The minimum atomic E-state index is 0.436. The fourth-order valence-electron chi connectivity index (χ4n) is 3.00. The van der Waals surface area contributed by atoms with Gasteiger partial charge < -0.3 is 14.8 Å². The van der Waals surface area contributed by atoms with Crippen molar-refractivity contribution < 1.29 is 9.47 Å². The fraction of sp³-hybridized carbons (Fsp3) is 0.400. The van der Waals surface area contributed by atoms with E-state index in [1.54, 1.807) is 0 Å². The van der Waals surface area contributed by atoms with Crippen molar-refractivity contribution in [3.8, 4) is 11.5 Å². The lowest BCUT2D eigenvalue weighted by Gasteiger charge is -2.24. The Morgan fingerprint density at radius 3 is 2.61 bits per heavy atom. The molecular formula is C20H25NO2. The highest BCUT2D eigenvalue weighted by Gasteiger charge is 2.17. The molecule has 2 aromatic carbocycles. The molecule has 0 radical (unpaired) electrons. The number of hydrogen-bond donors (Lipinski definition) is 1. The zero-order valence-corrected chi connectivity index (χ0v) is 13.8. The van der Waals surface area contributed by atoms with Gasteiger partial charge in [-0.2, -0.15) is 0 Å². The van der Waals surface area contributed by atoms with Crippen molar-refractivity contribution in [1.82, 2.24) is 5.32 Å². The Hall–Kier alpha value is -2.00. The highest BCUT2D eigenvalue weighted by molar-refractivity contribution is 5.44. The molecule has 1 fully saturated rings. The first kappa shape index (κ1) is 15.9. The van der Waals surface area contributed by atoms with Crippen molar-refractivity contribution in [1.29, 1.82) is 0 Å². The molecule has 0 aromatic heterocycles. The number of rotatable bonds is 6. The highest BCUT2D eigenvalue weighted by Crippen LogP contribution is 2.33. The van der Waals surface area contributed by atoms with Crippen LogP contribution in [0.1, 0.15) is 43.4 Å². The van der Waals surface area contributed by atoms with Gasteiger partial charge in [-0.05, 0) is 49.6 Å². The van der Waals surface area contributed by atoms with Gasteiger partial charge in [-0.1, -0.05) is 42.8 Å². The Bertz CT molecular complexity index is 606. The van der Waals surface area contributed by atoms with E-state index in [2.05, 4.69) is 29.6 Å². The third kappa shape index (κ3) is 4.26. The molecule has 0 bridgehead atoms. The summed E-state index contributed by atoms with van der Waals surface area (Å²) in [5.74, 6) is 1.66. The van der Waals surface area contributed by atoms with Crippen LogP contribution in [0.25, 0.3) is 0 Å². The second kappa shape index (κ2) is 8.02. The number of nitrogens with one attached hydrogen (secondary N) is 1. The van der Waals surface area contributed by atoms with Crippen LogP contribution in [0.5, 0.6) is 11.5 Å². The van der Waals surface area contributed by atoms with Gasteiger partial charge in [0.25, 0.3) is 0 Å². The summed E-state index contributed by atoms with van der Waals surface area (Å²) in [5.41, 5.74) is 2.45. The van der Waals surface area contributed by atoms with Gasteiger partial charge in [-0.3, -0.25) is 0 Å². The van der Waals surface area contributed by atoms with E-state index in [1.807, 2.05) is 31.2 Å². The smallest absolute Gasteiger partial charge is 0.161 e. The predicted octanol–water partition coefficient (Wildman–Crippen LogP) is 4.48. The standard InChI is InChI=1S/C20H25NO2/c1-2-22-20-14-17(18-10-6-7-13-21-18)11-12-19(20)23-15-16-8-4-3-5-9-16/h3-5,8-9,11-12,14,18,21H,2,6-7,10,13,15H2,1H3/t18-/m0/s1. The maximum Gasteiger partial charge on any atom is 0.161 e. The SMILES string of the molecule is CCOc1cc([C@@H]2CCCCN2)ccc1OCc1ccccc1. The first-order valence-corrected chi connectivity index (χ1v) is 8.53. The van der Waals surface area contributed by atoms with E-state index in [0.29, 0.717) is 19.3 Å². The fourth-order valence-corrected chi connectivity index (χ4v) is 3.00. The quantitative estimate of drug-likeness (QED) is 0.853. The van der Waals surface area contributed by atoms with Crippen molar-refractivity contribution in [2.45, 2.75) is 38.8 Å². The average Bonchev–Trinajstić information content (AvgIpc) is 2.62. The molecule has 3 rings (SSSR count). The first-order valence-electron chi connectivity index (χ1n) is 8.53. The van der Waals surface area contributed by atoms with Crippen LogP contribution in [-0.4, -0.2) is 13.2 Å². The average molecular weight is 311 g/mol. The second-order valence-electron chi connectivity index (χ2n) is 5.92. The van der Waals surface area contributed by atoms with E-state index >= 15 is 0 Å². The number of hydrogen-bond acceptors (Lipinski definition) is 3. The van der Waals surface area contributed by atoms with E-state index in [1.165, 1.54) is 24.8 Å². The second-order valence-corrected chi connectivity index (χ2v) is 5.92. The van der Waals surface area contributed by atoms with E-state index < -0.39 is 0 Å². The van der Waals surface area contributed by atoms with Crippen LogP contribution in [0.3, 0.4) is 0 Å². The monoisotopic (exact) mass is 311 g/mol. The Kier molecular flexibility index (Phi) is 5.54. The Morgan fingerprint density at radius 2 is 1.87 bits per heavy atom. The molecule has 0 aliphatic carbocycles. The minimum absolute atomic E-state index is 0.436. The lowest BCUT2D eigenvalue weighted by Crippen LogP contribution is -2.26. The summed E-state index contributed by atoms with van der Waals surface area (Å²) in [6, 6.07) is 17.0. The predicted molar refractivity (Wildman–Crippen MR) is 93.0 cm³/mol. The molecule has 1 atom stereocenters. The molecule has 3 heteroatoms. The lowest BCUT2D eigenvalue weighted by molar-refractivity contribution is 0.268. The molecule has 122 valence electrons. The summed E-state index contributed by atoms with van der Waals surface area (Å²) in [4.78, 5) is 0. The molecule has 0 spiro atoms. The van der Waals surface area contributed by atoms with Crippen molar-refractivity contribution in [3.05, 3.63) is 59.7 Å². The maximum atomic E-state index is 5.97. The first-order chi connectivity index (χ1) is 11.4. The molecule has 3 nitrogen and oxygen atoms in total. The topological polar surface area (TPSA) is 30.5 Å². The van der Waals surface area contributed by atoms with E-state index in [4.69, 9.17) is 9.47 Å². The molecule has 23 heavy (non-hydrogen) atoms. The summed E-state index contributed by atoms with van der Waals surface area (Å²) in [6.45, 7) is 4.30. The molecule has 1 aliphatic rings. The third-order valence-corrected chi connectivity index (χ3v) is 4.22. The summed E-state index contributed by atoms with van der Waals surface area (Å²) in [6.07, 6.45) is 3.75. The zero-order chi connectivity index (χ0) is 15.9. The van der Waals surface area contributed by atoms with E-state index in [0.717, 1.165) is 23.6 Å². The summed E-state index contributed by atoms with van der Waals surface area (Å²) < 4.78 is 11.8. The van der Waals surface area contributed by atoms with Gasteiger partial charge in [0.05, 0.1) is 6.61 Å². The van der Waals surface area contributed by atoms with Crippen molar-refractivity contribution in [2.75, 3.05) is 13.2 Å². The minimum Gasteiger partial charge on any atom is -0.490 e. The van der Waals surface area contributed by atoms with Crippen molar-refractivity contribution in [3.63, 3.8) is 0 Å². The van der Waals surface area contributed by atoms with Crippen LogP contribution in [0.15, 0.2) is 48.5 Å². The molecule has 1 heterocycles.